The molecule has 3 N–H and O–H groups in total. The number of phenolic OH excluding ortho intramolecular Hbond substituents is 1. The van der Waals surface area contributed by atoms with E-state index in [9.17, 15) is 17.6 Å². The molecular formula is C8H6BrF4NO. The van der Waals surface area contributed by atoms with Crippen molar-refractivity contribution in [3.05, 3.63) is 27.7 Å². The van der Waals surface area contributed by atoms with Crippen LogP contribution in [0.3, 0.4) is 0 Å². The molecule has 0 radical (unpaired) electrons. The van der Waals surface area contributed by atoms with Gasteiger partial charge in [-0.25, -0.2) is 13.2 Å². The Morgan fingerprint density at radius 2 is 1.80 bits per heavy atom. The lowest BCUT2D eigenvalue weighted by Gasteiger charge is -2.13. The monoisotopic (exact) mass is 287 g/mol. The summed E-state index contributed by atoms with van der Waals surface area (Å²) in [5.41, 5.74) is 4.46. The Morgan fingerprint density at radius 1 is 1.27 bits per heavy atom. The Kier molecular flexibility index (Phi) is 3.56. The third-order valence-electron chi connectivity index (χ3n) is 1.80. The first-order valence-electron chi connectivity index (χ1n) is 3.76. The van der Waals surface area contributed by atoms with Crippen LogP contribution in [0.5, 0.6) is 5.75 Å². The molecular weight excluding hydrogens is 282 g/mol. The van der Waals surface area contributed by atoms with Gasteiger partial charge in [-0.05, 0) is 22.0 Å². The number of nitrogens with two attached hydrogens (primary N) is 1. The molecule has 84 valence electrons. The van der Waals surface area contributed by atoms with Crippen LogP contribution in [0.2, 0.25) is 0 Å². The quantitative estimate of drug-likeness (QED) is 0.649. The van der Waals surface area contributed by atoms with E-state index in [2.05, 4.69) is 15.9 Å². The van der Waals surface area contributed by atoms with E-state index in [-0.39, 0.29) is 4.47 Å². The Hall–Kier alpha value is -0.820. The average Bonchev–Trinajstić information content (AvgIpc) is 2.19. The van der Waals surface area contributed by atoms with Gasteiger partial charge in [-0.1, -0.05) is 0 Å². The first kappa shape index (κ1) is 12.3. The minimum Gasteiger partial charge on any atom is -0.505 e. The maximum absolute atomic E-state index is 12.9. The maximum Gasteiger partial charge on any atom is 0.257 e. The molecule has 0 aliphatic carbocycles. The number of benzene rings is 1. The summed E-state index contributed by atoms with van der Waals surface area (Å²) in [6.45, 7) is 0. The molecule has 0 saturated carbocycles. The number of phenols is 1. The first-order chi connectivity index (χ1) is 6.86. The van der Waals surface area contributed by atoms with E-state index in [1.165, 1.54) is 0 Å². The molecule has 1 atom stereocenters. The molecule has 0 aliphatic heterocycles. The zero-order valence-electron chi connectivity index (χ0n) is 7.15. The van der Waals surface area contributed by atoms with Crippen LogP contribution < -0.4 is 5.73 Å². The Balaban J connectivity index is 3.32. The highest BCUT2D eigenvalue weighted by molar-refractivity contribution is 9.10. The predicted molar refractivity (Wildman–Crippen MR) is 48.7 cm³/mol. The van der Waals surface area contributed by atoms with Gasteiger partial charge >= 0.3 is 0 Å². The second-order valence-corrected chi connectivity index (χ2v) is 3.64. The van der Waals surface area contributed by atoms with E-state index >= 15 is 0 Å². The number of rotatable bonds is 2. The van der Waals surface area contributed by atoms with E-state index in [0.29, 0.717) is 0 Å². The molecule has 7 heteroatoms. The molecule has 0 unspecified atom stereocenters. The summed E-state index contributed by atoms with van der Waals surface area (Å²) >= 11 is 2.62. The second-order valence-electron chi connectivity index (χ2n) is 2.78. The highest BCUT2D eigenvalue weighted by Crippen LogP contribution is 2.34. The van der Waals surface area contributed by atoms with Gasteiger partial charge in [0.2, 0.25) is 5.82 Å². The molecule has 15 heavy (non-hydrogen) atoms. The van der Waals surface area contributed by atoms with Crippen molar-refractivity contribution in [1.82, 2.24) is 0 Å². The lowest BCUT2D eigenvalue weighted by atomic mass is 10.1. The second kappa shape index (κ2) is 4.36. The molecule has 0 aromatic heterocycles. The normalized spacial score (nSPS) is 13.3. The van der Waals surface area contributed by atoms with Gasteiger partial charge in [0.25, 0.3) is 6.43 Å². The summed E-state index contributed by atoms with van der Waals surface area (Å²) in [5, 5.41) is 9.07. The highest BCUT2D eigenvalue weighted by Gasteiger charge is 2.25. The minimum absolute atomic E-state index is 0.371. The average molecular weight is 288 g/mol. The molecule has 0 fully saturated rings. The van der Waals surface area contributed by atoms with Crippen LogP contribution in [-0.4, -0.2) is 11.5 Å². The summed E-state index contributed by atoms with van der Waals surface area (Å²) in [6.07, 6.45) is -2.98. The van der Waals surface area contributed by atoms with E-state index < -0.39 is 35.4 Å². The van der Waals surface area contributed by atoms with Crippen LogP contribution in [0.4, 0.5) is 17.6 Å². The Morgan fingerprint density at radius 3 is 2.27 bits per heavy atom. The van der Waals surface area contributed by atoms with Crippen molar-refractivity contribution in [1.29, 1.82) is 0 Å². The van der Waals surface area contributed by atoms with Crippen molar-refractivity contribution >= 4 is 15.9 Å². The molecule has 1 aromatic rings. The summed E-state index contributed by atoms with van der Waals surface area (Å²) < 4.78 is 49.8. The number of aromatic hydroxyl groups is 1. The molecule has 1 aromatic carbocycles. The number of hydrogen-bond acceptors (Lipinski definition) is 2. The molecule has 0 spiro atoms. The van der Waals surface area contributed by atoms with Gasteiger partial charge in [0.05, 0.1) is 10.5 Å². The van der Waals surface area contributed by atoms with Crippen LogP contribution in [0.1, 0.15) is 11.6 Å². The summed E-state index contributed by atoms with van der Waals surface area (Å²) in [5.74, 6) is -4.14. The zero-order valence-corrected chi connectivity index (χ0v) is 8.73. The van der Waals surface area contributed by atoms with Gasteiger partial charge in [-0.3, -0.25) is 0 Å². The predicted octanol–water partition coefficient (Wildman–Crippen LogP) is 2.70. The van der Waals surface area contributed by atoms with Crippen LogP contribution in [0, 0.1) is 11.6 Å². The third kappa shape index (κ3) is 2.23. The van der Waals surface area contributed by atoms with Crippen LogP contribution >= 0.6 is 15.9 Å². The summed E-state index contributed by atoms with van der Waals surface area (Å²) in [7, 11) is 0. The van der Waals surface area contributed by atoms with Gasteiger partial charge in [-0.2, -0.15) is 4.39 Å². The van der Waals surface area contributed by atoms with E-state index in [4.69, 9.17) is 10.8 Å². The molecule has 0 heterocycles. The van der Waals surface area contributed by atoms with Crippen molar-refractivity contribution < 1.29 is 22.7 Å². The fraction of sp³-hybridized carbons (Fsp3) is 0.250. The standard InChI is InChI=1S/C8H6BrF4NO/c9-3-1-2(6(14)8(12)13)7(15)5(11)4(3)10/h1,6,8,15H,14H2/t6-/m0/s1. The van der Waals surface area contributed by atoms with Crippen molar-refractivity contribution in [2.24, 2.45) is 5.73 Å². The minimum atomic E-state index is -2.98. The zero-order chi connectivity index (χ0) is 11.7. The molecule has 0 bridgehead atoms. The van der Waals surface area contributed by atoms with Gasteiger partial charge < -0.3 is 10.8 Å². The van der Waals surface area contributed by atoms with Crippen molar-refractivity contribution in [3.63, 3.8) is 0 Å². The van der Waals surface area contributed by atoms with E-state index in [1.54, 1.807) is 0 Å². The van der Waals surface area contributed by atoms with E-state index in [0.717, 1.165) is 6.07 Å². The molecule has 0 amide bonds. The number of halogens is 5. The highest BCUT2D eigenvalue weighted by atomic mass is 79.9. The van der Waals surface area contributed by atoms with Crippen molar-refractivity contribution in [3.8, 4) is 5.75 Å². The lowest BCUT2D eigenvalue weighted by molar-refractivity contribution is 0.114. The number of alkyl halides is 2. The Bertz CT molecular complexity index is 385. The van der Waals surface area contributed by atoms with Gasteiger partial charge in [0, 0.05) is 5.56 Å². The van der Waals surface area contributed by atoms with Crippen LogP contribution in [0.15, 0.2) is 10.5 Å². The number of hydrogen-bond donors (Lipinski definition) is 2. The third-order valence-corrected chi connectivity index (χ3v) is 2.37. The largest absolute Gasteiger partial charge is 0.505 e. The molecule has 2 nitrogen and oxygen atoms in total. The Labute approximate surface area is 90.8 Å². The smallest absolute Gasteiger partial charge is 0.257 e. The summed E-state index contributed by atoms with van der Waals surface area (Å²) in [4.78, 5) is 0. The molecule has 1 rings (SSSR count). The first-order valence-corrected chi connectivity index (χ1v) is 4.55. The van der Waals surface area contributed by atoms with E-state index in [1.807, 2.05) is 0 Å². The maximum atomic E-state index is 12.9. The molecule has 0 aliphatic rings. The fourth-order valence-electron chi connectivity index (χ4n) is 0.994. The van der Waals surface area contributed by atoms with Gasteiger partial charge in [0.15, 0.2) is 11.6 Å². The van der Waals surface area contributed by atoms with Gasteiger partial charge in [0.1, 0.15) is 0 Å². The summed E-state index contributed by atoms with van der Waals surface area (Å²) in [6, 6.07) is -1.04. The fourth-order valence-corrected chi connectivity index (χ4v) is 1.41. The lowest BCUT2D eigenvalue weighted by Crippen LogP contribution is -2.19. The topological polar surface area (TPSA) is 46.2 Å². The van der Waals surface area contributed by atoms with Crippen LogP contribution in [0.25, 0.3) is 0 Å². The van der Waals surface area contributed by atoms with Crippen LogP contribution in [-0.2, 0) is 0 Å². The molecule has 0 saturated heterocycles. The van der Waals surface area contributed by atoms with Crippen molar-refractivity contribution in [2.75, 3.05) is 0 Å². The van der Waals surface area contributed by atoms with Gasteiger partial charge in [-0.15, -0.1) is 0 Å². The SMILES string of the molecule is N[C@@H](c1cc(Br)c(F)c(F)c1O)C(F)F. The van der Waals surface area contributed by atoms with Crippen molar-refractivity contribution in [2.45, 2.75) is 12.5 Å².